The van der Waals surface area contributed by atoms with Gasteiger partial charge in [0.1, 0.15) is 0 Å². The van der Waals surface area contributed by atoms with Crippen molar-refractivity contribution in [1.29, 1.82) is 0 Å². The monoisotopic (exact) mass is 546 g/mol. The normalized spacial score (nSPS) is 29.9. The molecule has 33 heavy (non-hydrogen) atoms. The number of rotatable bonds is 0. The molecule has 186 valence electrons. The molecule has 3 aliphatic heterocycles. The Morgan fingerprint density at radius 1 is 0.364 bits per heavy atom. The number of hydrogen-bond acceptors (Lipinski definition) is 0. The Balaban J connectivity index is 2.60. The van der Waals surface area contributed by atoms with Crippen molar-refractivity contribution in [3.63, 3.8) is 0 Å². The van der Waals surface area contributed by atoms with Crippen LogP contribution in [0.2, 0.25) is 115 Å². The maximum absolute atomic E-state index is 4.51. The summed E-state index contributed by atoms with van der Waals surface area (Å²) in [4.78, 5) is 3.84. The van der Waals surface area contributed by atoms with Gasteiger partial charge in [-0.25, -0.2) is 0 Å². The van der Waals surface area contributed by atoms with E-state index in [1.807, 2.05) is 9.64 Å². The minimum atomic E-state index is -1.55. The summed E-state index contributed by atoms with van der Waals surface area (Å²) in [5, 5.41) is 3.57. The predicted octanol–water partition coefficient (Wildman–Crippen LogP) is 9.59. The molecule has 0 atom stereocenters. The first kappa shape index (κ1) is 27.9. The van der Waals surface area contributed by atoms with Crippen LogP contribution in [0.4, 0.5) is 0 Å². The first-order valence-corrected chi connectivity index (χ1v) is 33.1. The molecule has 3 rings (SSSR count). The van der Waals surface area contributed by atoms with E-state index in [0.29, 0.717) is 0 Å². The van der Waals surface area contributed by atoms with Gasteiger partial charge in [0.2, 0.25) is 0 Å². The van der Waals surface area contributed by atoms with Crippen LogP contribution < -0.4 is 0 Å². The van der Waals surface area contributed by atoms with Crippen LogP contribution in [-0.2, 0) is 0 Å². The molecule has 4 bridgehead atoms. The Morgan fingerprint density at radius 2 is 0.576 bits per heavy atom. The van der Waals surface area contributed by atoms with Crippen LogP contribution in [-0.4, -0.2) is 48.4 Å². The van der Waals surface area contributed by atoms with Crippen LogP contribution in [0.5, 0.6) is 0 Å². The topological polar surface area (TPSA) is 0 Å². The second kappa shape index (κ2) is 9.02. The van der Waals surface area contributed by atoms with Crippen LogP contribution >= 0.6 is 0 Å². The maximum atomic E-state index is 4.51. The van der Waals surface area contributed by atoms with E-state index in [1.54, 1.807) is 10.4 Å². The zero-order valence-electron chi connectivity index (χ0n) is 24.4. The summed E-state index contributed by atoms with van der Waals surface area (Å²) >= 11 is 0. The molecule has 3 heterocycles. The third-order valence-electron chi connectivity index (χ3n) is 9.62. The summed E-state index contributed by atoms with van der Waals surface area (Å²) in [6, 6.07) is 8.90. The third kappa shape index (κ3) is 5.69. The third-order valence-corrected chi connectivity index (χ3v) is 37.0. The standard InChI is InChI=1S/C27H54Si6/c1-28(2)16-13-18-30(5,6)26-22-24(28)25-23-27(31(7,8)19-14-17-29(25,3)4)33(11,12)21-15-20-32(26,9)10/h13-21H2,1-12H3. The van der Waals surface area contributed by atoms with Crippen molar-refractivity contribution in [1.82, 2.24) is 0 Å². The van der Waals surface area contributed by atoms with Gasteiger partial charge in [-0.1, -0.05) is 144 Å². The summed E-state index contributed by atoms with van der Waals surface area (Å²) in [6.45, 7) is 32.5. The van der Waals surface area contributed by atoms with Gasteiger partial charge in [-0.3, -0.25) is 0 Å². The van der Waals surface area contributed by atoms with Crippen molar-refractivity contribution in [2.75, 3.05) is 0 Å². The molecule has 3 aliphatic rings. The fourth-order valence-electron chi connectivity index (χ4n) is 7.57. The molecule has 0 N–H and O–H groups in total. The zero-order chi connectivity index (χ0) is 25.1. The van der Waals surface area contributed by atoms with E-state index in [2.05, 4.69) is 90.0 Å². The molecule has 0 saturated heterocycles. The van der Waals surface area contributed by atoms with Crippen LogP contribution in [0.1, 0.15) is 19.3 Å². The van der Waals surface area contributed by atoms with Crippen LogP contribution in [0.25, 0.3) is 0 Å². The number of hydrogen-bond donors (Lipinski definition) is 0. The molecule has 0 amide bonds. The van der Waals surface area contributed by atoms with Crippen molar-refractivity contribution < 1.29 is 0 Å². The summed E-state index contributed by atoms with van der Waals surface area (Å²) in [7, 11) is -8.87. The van der Waals surface area contributed by atoms with Gasteiger partial charge in [0.25, 0.3) is 0 Å². The molecular formula is C27H54Si6. The molecule has 0 aromatic carbocycles. The van der Waals surface area contributed by atoms with E-state index in [4.69, 9.17) is 0 Å². The highest BCUT2D eigenvalue weighted by Gasteiger charge is 2.46. The predicted molar refractivity (Wildman–Crippen MR) is 169 cm³/mol. The molecule has 0 nitrogen and oxygen atoms in total. The Morgan fingerprint density at radius 3 is 0.818 bits per heavy atom. The first-order chi connectivity index (χ1) is 14.8. The van der Waals surface area contributed by atoms with Gasteiger partial charge >= 0.3 is 0 Å². The minimum Gasteiger partial charge on any atom is -0.131 e. The van der Waals surface area contributed by atoms with Crippen LogP contribution in [0.3, 0.4) is 0 Å². The number of fused-ring (bicyclic) bond motifs is 1. The van der Waals surface area contributed by atoms with Crippen molar-refractivity contribution in [2.24, 2.45) is 0 Å². The summed E-state index contributed by atoms with van der Waals surface area (Å²) < 4.78 is 0. The van der Waals surface area contributed by atoms with Gasteiger partial charge in [0.15, 0.2) is 0 Å². The van der Waals surface area contributed by atoms with Gasteiger partial charge in [0, 0.05) is 0 Å². The molecular weight excluding hydrogens is 493 g/mol. The lowest BCUT2D eigenvalue weighted by Gasteiger charge is -2.41. The van der Waals surface area contributed by atoms with Crippen molar-refractivity contribution in [3.05, 3.63) is 31.5 Å². The van der Waals surface area contributed by atoms with E-state index < -0.39 is 48.4 Å². The smallest absolute Gasteiger partial charge is 0.0912 e. The first-order valence-electron chi connectivity index (χ1n) is 13.9. The fraction of sp³-hybridized carbons (Fsp3) is 0.778. The van der Waals surface area contributed by atoms with E-state index in [0.717, 1.165) is 0 Å². The second-order valence-corrected chi connectivity index (χ2v) is 45.2. The average molecular weight is 547 g/mol. The second-order valence-electron chi connectivity index (χ2n) is 15.6. The Bertz CT molecular complexity index is 856. The summed E-state index contributed by atoms with van der Waals surface area (Å²) in [6.07, 6.45) is 4.38. The Labute approximate surface area is 213 Å². The highest BCUT2D eigenvalue weighted by atomic mass is 28.4. The van der Waals surface area contributed by atoms with E-state index >= 15 is 0 Å². The summed E-state index contributed by atoms with van der Waals surface area (Å²) in [5.41, 5.74) is 9.02. The summed E-state index contributed by atoms with van der Waals surface area (Å²) in [5.74, 6) is 0. The average Bonchev–Trinajstić information content (AvgIpc) is 2.61. The molecule has 0 spiro atoms. The van der Waals surface area contributed by atoms with Crippen LogP contribution in [0, 0.1) is 0 Å². The maximum Gasteiger partial charge on any atom is 0.0912 e. The van der Waals surface area contributed by atoms with Gasteiger partial charge in [-0.15, -0.1) is 11.5 Å². The largest absolute Gasteiger partial charge is 0.131 e. The quantitative estimate of drug-likeness (QED) is 0.209. The number of allylic oxidation sites excluding steroid dienone is 2. The van der Waals surface area contributed by atoms with E-state index in [9.17, 15) is 0 Å². The zero-order valence-corrected chi connectivity index (χ0v) is 30.4. The molecule has 0 radical (unpaired) electrons. The highest BCUT2D eigenvalue weighted by molar-refractivity contribution is 7.07. The van der Waals surface area contributed by atoms with Gasteiger partial charge in [-0.05, 0) is 10.4 Å². The van der Waals surface area contributed by atoms with Crippen molar-refractivity contribution in [3.8, 4) is 0 Å². The van der Waals surface area contributed by atoms with E-state index in [1.165, 1.54) is 55.5 Å². The van der Waals surface area contributed by atoms with Gasteiger partial charge < -0.3 is 0 Å². The fourth-order valence-corrected chi connectivity index (χ4v) is 39.4. The SMILES string of the molecule is C[Si]1(C)CCC[Si](C)(C)C2=C=C1C1=C=C([Si](C)(C)CCC[Si]1(C)C)[Si](C)(C)CCC[Si]2(C)C. The van der Waals surface area contributed by atoms with E-state index in [-0.39, 0.29) is 0 Å². The molecule has 6 heteroatoms. The Kier molecular flexibility index (Phi) is 7.63. The Hall–Kier alpha value is 0.341. The van der Waals surface area contributed by atoms with Gasteiger partial charge in [0.05, 0.1) is 48.4 Å². The minimum absolute atomic E-state index is 1.42. The van der Waals surface area contributed by atoms with Gasteiger partial charge in [-0.2, -0.15) is 0 Å². The molecule has 0 saturated carbocycles. The van der Waals surface area contributed by atoms with Crippen LogP contribution in [0.15, 0.2) is 31.5 Å². The molecule has 0 aromatic heterocycles. The van der Waals surface area contributed by atoms with Crippen molar-refractivity contribution >= 4 is 48.4 Å². The lowest BCUT2D eigenvalue weighted by molar-refractivity contribution is 1.00. The molecule has 0 aromatic rings. The lowest BCUT2D eigenvalue weighted by Crippen LogP contribution is -2.47. The van der Waals surface area contributed by atoms with Crippen molar-refractivity contribution in [2.45, 2.75) is 134 Å². The molecule has 0 unspecified atom stereocenters. The lowest BCUT2D eigenvalue weighted by atomic mass is 10.5. The highest BCUT2D eigenvalue weighted by Crippen LogP contribution is 2.45. The molecule has 0 fully saturated rings. The molecule has 0 aliphatic carbocycles.